The van der Waals surface area contributed by atoms with E-state index in [1.54, 1.807) is 0 Å². The Balaban J connectivity index is 1.94. The summed E-state index contributed by atoms with van der Waals surface area (Å²) in [5, 5.41) is 3.22. The maximum atomic E-state index is 5.95. The van der Waals surface area contributed by atoms with Crippen LogP contribution in [0, 0.1) is 0 Å². The molecular weight excluding hydrogens is 248 g/mol. The second-order valence-electron chi connectivity index (χ2n) is 4.62. The van der Waals surface area contributed by atoms with Crippen LogP contribution in [0.15, 0.2) is 48.5 Å². The van der Waals surface area contributed by atoms with E-state index in [-0.39, 0.29) is 0 Å². The standard InChI is InChI=1S/C16H16N4/c1-2-11-7-9-12(10-8-11)18-16-15(17)19-13-5-3-4-6-14(13)20-16/h3-10H,2H2,1H3,(H2,17,19)(H,18,20). The fourth-order valence-corrected chi connectivity index (χ4v) is 2.07. The Kier molecular flexibility index (Phi) is 3.21. The maximum absolute atomic E-state index is 5.95. The van der Waals surface area contributed by atoms with Gasteiger partial charge in [0.05, 0.1) is 11.0 Å². The van der Waals surface area contributed by atoms with Crippen LogP contribution in [0.2, 0.25) is 0 Å². The number of hydrogen-bond acceptors (Lipinski definition) is 4. The van der Waals surface area contributed by atoms with Crippen molar-refractivity contribution >= 4 is 28.4 Å². The van der Waals surface area contributed by atoms with Gasteiger partial charge < -0.3 is 11.1 Å². The van der Waals surface area contributed by atoms with E-state index in [0.29, 0.717) is 11.6 Å². The van der Waals surface area contributed by atoms with E-state index in [0.717, 1.165) is 23.1 Å². The summed E-state index contributed by atoms with van der Waals surface area (Å²) in [6.45, 7) is 2.13. The first-order valence-electron chi connectivity index (χ1n) is 6.64. The molecule has 0 saturated carbocycles. The summed E-state index contributed by atoms with van der Waals surface area (Å²) in [6, 6.07) is 15.9. The Labute approximate surface area is 117 Å². The molecule has 0 aliphatic heterocycles. The molecule has 0 amide bonds. The first-order valence-corrected chi connectivity index (χ1v) is 6.64. The second-order valence-corrected chi connectivity index (χ2v) is 4.62. The van der Waals surface area contributed by atoms with Gasteiger partial charge in [-0.1, -0.05) is 31.2 Å². The SMILES string of the molecule is CCc1ccc(Nc2nc3ccccc3nc2N)cc1. The molecule has 0 unspecified atom stereocenters. The smallest absolute Gasteiger partial charge is 0.174 e. The molecule has 0 radical (unpaired) electrons. The minimum Gasteiger partial charge on any atom is -0.381 e. The number of nitrogens with two attached hydrogens (primary N) is 1. The lowest BCUT2D eigenvalue weighted by Gasteiger charge is -2.09. The molecule has 0 aliphatic carbocycles. The Morgan fingerprint density at radius 2 is 1.60 bits per heavy atom. The van der Waals surface area contributed by atoms with Gasteiger partial charge in [0.2, 0.25) is 0 Å². The van der Waals surface area contributed by atoms with E-state index in [1.165, 1.54) is 5.56 Å². The molecule has 1 aromatic heterocycles. The first kappa shape index (κ1) is 12.4. The molecule has 100 valence electrons. The molecule has 20 heavy (non-hydrogen) atoms. The molecule has 0 fully saturated rings. The summed E-state index contributed by atoms with van der Waals surface area (Å²) in [5.74, 6) is 0.996. The highest BCUT2D eigenvalue weighted by Gasteiger charge is 2.05. The number of nitrogens with one attached hydrogen (secondary N) is 1. The van der Waals surface area contributed by atoms with E-state index < -0.39 is 0 Å². The molecular formula is C16H16N4. The Morgan fingerprint density at radius 1 is 0.950 bits per heavy atom. The Morgan fingerprint density at radius 3 is 2.25 bits per heavy atom. The molecule has 4 nitrogen and oxygen atoms in total. The lowest BCUT2D eigenvalue weighted by atomic mass is 10.1. The van der Waals surface area contributed by atoms with Crippen LogP contribution in [0.5, 0.6) is 0 Å². The van der Waals surface area contributed by atoms with E-state index in [1.807, 2.05) is 36.4 Å². The fourth-order valence-electron chi connectivity index (χ4n) is 2.07. The highest BCUT2D eigenvalue weighted by atomic mass is 15.1. The molecule has 3 aromatic rings. The van der Waals surface area contributed by atoms with Gasteiger partial charge in [0.25, 0.3) is 0 Å². The average molecular weight is 264 g/mol. The lowest BCUT2D eigenvalue weighted by molar-refractivity contribution is 1.14. The van der Waals surface area contributed by atoms with Gasteiger partial charge in [-0.05, 0) is 36.2 Å². The monoisotopic (exact) mass is 264 g/mol. The number of anilines is 3. The van der Waals surface area contributed by atoms with Crippen LogP contribution in [-0.2, 0) is 6.42 Å². The molecule has 0 saturated heterocycles. The van der Waals surface area contributed by atoms with Gasteiger partial charge in [-0.2, -0.15) is 0 Å². The van der Waals surface area contributed by atoms with Crippen LogP contribution in [-0.4, -0.2) is 9.97 Å². The molecule has 0 spiro atoms. The molecule has 0 bridgehead atoms. The minimum atomic E-state index is 0.406. The van der Waals surface area contributed by atoms with Crippen LogP contribution in [0.1, 0.15) is 12.5 Å². The summed E-state index contributed by atoms with van der Waals surface area (Å²) in [4.78, 5) is 8.87. The summed E-state index contributed by atoms with van der Waals surface area (Å²) in [7, 11) is 0. The van der Waals surface area contributed by atoms with Crippen LogP contribution in [0.25, 0.3) is 11.0 Å². The molecule has 3 rings (SSSR count). The van der Waals surface area contributed by atoms with E-state index in [2.05, 4.69) is 34.3 Å². The number of aromatic nitrogens is 2. The largest absolute Gasteiger partial charge is 0.381 e. The maximum Gasteiger partial charge on any atom is 0.174 e. The average Bonchev–Trinajstić information content (AvgIpc) is 2.49. The van der Waals surface area contributed by atoms with Crippen molar-refractivity contribution in [2.75, 3.05) is 11.1 Å². The van der Waals surface area contributed by atoms with Crippen LogP contribution >= 0.6 is 0 Å². The van der Waals surface area contributed by atoms with Crippen LogP contribution < -0.4 is 11.1 Å². The van der Waals surface area contributed by atoms with Gasteiger partial charge in [0.1, 0.15) is 0 Å². The normalized spacial score (nSPS) is 10.7. The van der Waals surface area contributed by atoms with E-state index >= 15 is 0 Å². The second kappa shape index (κ2) is 5.17. The van der Waals surface area contributed by atoms with Gasteiger partial charge in [0, 0.05) is 5.69 Å². The number of rotatable bonds is 3. The number of hydrogen-bond donors (Lipinski definition) is 2. The molecule has 0 atom stereocenters. The number of nitrogens with zero attached hydrogens (tertiary/aromatic N) is 2. The molecule has 2 aromatic carbocycles. The molecule has 1 heterocycles. The molecule has 3 N–H and O–H groups in total. The number of fused-ring (bicyclic) bond motifs is 1. The first-order chi connectivity index (χ1) is 9.76. The third-order valence-corrected chi connectivity index (χ3v) is 3.22. The van der Waals surface area contributed by atoms with E-state index in [9.17, 15) is 0 Å². The van der Waals surface area contributed by atoms with Crippen molar-refractivity contribution < 1.29 is 0 Å². The highest BCUT2D eigenvalue weighted by molar-refractivity contribution is 5.80. The fraction of sp³-hybridized carbons (Fsp3) is 0.125. The van der Waals surface area contributed by atoms with Crippen LogP contribution in [0.4, 0.5) is 17.3 Å². The number of nitrogen functional groups attached to an aromatic ring is 1. The summed E-state index contributed by atoms with van der Waals surface area (Å²) in [5.41, 5.74) is 9.84. The van der Waals surface area contributed by atoms with Gasteiger partial charge >= 0.3 is 0 Å². The van der Waals surface area contributed by atoms with Crippen LogP contribution in [0.3, 0.4) is 0 Å². The van der Waals surface area contributed by atoms with Crippen molar-refractivity contribution in [2.24, 2.45) is 0 Å². The zero-order chi connectivity index (χ0) is 13.9. The highest BCUT2D eigenvalue weighted by Crippen LogP contribution is 2.22. The van der Waals surface area contributed by atoms with Crippen molar-refractivity contribution in [3.63, 3.8) is 0 Å². The van der Waals surface area contributed by atoms with Crippen molar-refractivity contribution in [3.05, 3.63) is 54.1 Å². The van der Waals surface area contributed by atoms with Crippen molar-refractivity contribution in [1.29, 1.82) is 0 Å². The number of para-hydroxylation sites is 2. The predicted octanol–water partition coefficient (Wildman–Crippen LogP) is 3.52. The Bertz CT molecular complexity index is 735. The zero-order valence-electron chi connectivity index (χ0n) is 11.3. The Hall–Kier alpha value is -2.62. The number of benzene rings is 2. The third-order valence-electron chi connectivity index (χ3n) is 3.22. The lowest BCUT2D eigenvalue weighted by Crippen LogP contribution is -2.02. The van der Waals surface area contributed by atoms with Crippen molar-refractivity contribution in [2.45, 2.75) is 13.3 Å². The van der Waals surface area contributed by atoms with Gasteiger partial charge in [-0.25, -0.2) is 9.97 Å². The topological polar surface area (TPSA) is 63.8 Å². The summed E-state index contributed by atoms with van der Waals surface area (Å²) < 4.78 is 0. The zero-order valence-corrected chi connectivity index (χ0v) is 11.3. The van der Waals surface area contributed by atoms with Crippen molar-refractivity contribution in [3.8, 4) is 0 Å². The van der Waals surface area contributed by atoms with Crippen molar-refractivity contribution in [1.82, 2.24) is 9.97 Å². The third kappa shape index (κ3) is 2.40. The van der Waals surface area contributed by atoms with Gasteiger partial charge in [-0.3, -0.25) is 0 Å². The van der Waals surface area contributed by atoms with Gasteiger partial charge in [-0.15, -0.1) is 0 Å². The summed E-state index contributed by atoms with van der Waals surface area (Å²) >= 11 is 0. The quantitative estimate of drug-likeness (QED) is 0.759. The number of aryl methyl sites for hydroxylation is 1. The van der Waals surface area contributed by atoms with E-state index in [4.69, 9.17) is 5.73 Å². The molecule has 0 aliphatic rings. The molecule has 4 heteroatoms. The minimum absolute atomic E-state index is 0.406. The summed E-state index contributed by atoms with van der Waals surface area (Å²) in [6.07, 6.45) is 1.03. The van der Waals surface area contributed by atoms with Gasteiger partial charge in [0.15, 0.2) is 11.6 Å². The predicted molar refractivity (Wildman–Crippen MR) is 83.1 cm³/mol.